The van der Waals surface area contributed by atoms with Crippen molar-refractivity contribution in [1.82, 2.24) is 4.98 Å². The van der Waals surface area contributed by atoms with Crippen molar-refractivity contribution in [1.29, 1.82) is 5.26 Å². The van der Waals surface area contributed by atoms with Crippen LogP contribution in [0.15, 0.2) is 28.5 Å². The summed E-state index contributed by atoms with van der Waals surface area (Å²) in [7, 11) is -3.85. The van der Waals surface area contributed by atoms with Crippen molar-refractivity contribution in [3.63, 3.8) is 0 Å². The summed E-state index contributed by atoms with van der Waals surface area (Å²) in [6.07, 6.45) is 0.278. The number of nitrogens with zero attached hydrogens (tertiary/aromatic N) is 2. The van der Waals surface area contributed by atoms with Crippen LogP contribution in [0.4, 0.5) is 10.8 Å². The average molecular weight is 350 g/mol. The Hall–Kier alpha value is -2.44. The van der Waals surface area contributed by atoms with Crippen LogP contribution in [0.5, 0.6) is 0 Å². The van der Waals surface area contributed by atoms with E-state index in [4.69, 9.17) is 5.26 Å². The van der Waals surface area contributed by atoms with Crippen LogP contribution in [0.3, 0.4) is 0 Å². The van der Waals surface area contributed by atoms with Gasteiger partial charge in [-0.25, -0.2) is 13.4 Å². The van der Waals surface area contributed by atoms with Gasteiger partial charge < -0.3 is 5.32 Å². The molecule has 0 aliphatic heterocycles. The molecule has 2 aromatic rings. The maximum absolute atomic E-state index is 12.5. The molecule has 1 heterocycles. The van der Waals surface area contributed by atoms with Crippen molar-refractivity contribution in [3.05, 3.63) is 35.5 Å². The van der Waals surface area contributed by atoms with Crippen LogP contribution in [0, 0.1) is 18.3 Å². The number of amides is 1. The summed E-state index contributed by atoms with van der Waals surface area (Å²) in [4.78, 5) is 15.4. The number of sulfonamides is 1. The second-order valence-corrected chi connectivity index (χ2v) is 7.47. The SMILES string of the molecule is CCC(=O)Nc1nc(C)c(S(=O)(=O)Nc2cccc(C#N)c2)s1. The molecule has 0 unspecified atom stereocenters. The van der Waals surface area contributed by atoms with Crippen LogP contribution < -0.4 is 10.0 Å². The first kappa shape index (κ1) is 16.9. The fourth-order valence-corrected chi connectivity index (χ4v) is 4.23. The summed E-state index contributed by atoms with van der Waals surface area (Å²) in [5, 5.41) is 11.6. The Labute approximate surface area is 138 Å². The summed E-state index contributed by atoms with van der Waals surface area (Å²) in [6, 6.07) is 8.10. The lowest BCUT2D eigenvalue weighted by molar-refractivity contribution is -0.115. The van der Waals surface area contributed by atoms with Crippen molar-refractivity contribution in [3.8, 4) is 6.07 Å². The summed E-state index contributed by atoms with van der Waals surface area (Å²) < 4.78 is 27.3. The van der Waals surface area contributed by atoms with Gasteiger partial charge in [0.05, 0.1) is 23.0 Å². The van der Waals surface area contributed by atoms with Gasteiger partial charge in [-0.2, -0.15) is 5.26 Å². The van der Waals surface area contributed by atoms with E-state index < -0.39 is 10.0 Å². The maximum Gasteiger partial charge on any atom is 0.273 e. The molecule has 0 atom stereocenters. The number of rotatable bonds is 5. The number of hydrogen-bond donors (Lipinski definition) is 2. The molecule has 0 saturated carbocycles. The minimum atomic E-state index is -3.85. The minimum absolute atomic E-state index is 0.0197. The molecule has 1 aromatic carbocycles. The summed E-state index contributed by atoms with van der Waals surface area (Å²) >= 11 is 0.881. The number of nitriles is 1. The molecule has 1 aromatic heterocycles. The highest BCUT2D eigenvalue weighted by Crippen LogP contribution is 2.29. The number of aromatic nitrogens is 1. The highest BCUT2D eigenvalue weighted by atomic mass is 32.2. The number of benzene rings is 1. The van der Waals surface area contributed by atoms with Crippen LogP contribution in [0.2, 0.25) is 0 Å². The fraction of sp³-hybridized carbons (Fsp3) is 0.214. The molecule has 2 rings (SSSR count). The number of aryl methyl sites for hydroxylation is 1. The fourth-order valence-electron chi connectivity index (χ4n) is 1.75. The van der Waals surface area contributed by atoms with Gasteiger partial charge in [0.15, 0.2) is 9.34 Å². The highest BCUT2D eigenvalue weighted by molar-refractivity contribution is 7.94. The van der Waals surface area contributed by atoms with Gasteiger partial charge in [0, 0.05) is 6.42 Å². The Bertz CT molecular complexity index is 882. The Morgan fingerprint density at radius 2 is 2.17 bits per heavy atom. The third-order valence-electron chi connectivity index (χ3n) is 2.81. The van der Waals surface area contributed by atoms with E-state index in [1.165, 1.54) is 6.07 Å². The van der Waals surface area contributed by atoms with E-state index in [1.807, 2.05) is 6.07 Å². The molecule has 1 amide bonds. The van der Waals surface area contributed by atoms with Gasteiger partial charge in [0.1, 0.15) is 0 Å². The van der Waals surface area contributed by atoms with Gasteiger partial charge in [0.2, 0.25) is 5.91 Å². The van der Waals surface area contributed by atoms with Crippen molar-refractivity contribution in [2.45, 2.75) is 24.5 Å². The molecular weight excluding hydrogens is 336 g/mol. The first-order chi connectivity index (χ1) is 10.9. The highest BCUT2D eigenvalue weighted by Gasteiger charge is 2.22. The normalized spacial score (nSPS) is 10.8. The van der Waals surface area contributed by atoms with E-state index in [9.17, 15) is 13.2 Å². The molecule has 120 valence electrons. The van der Waals surface area contributed by atoms with Gasteiger partial charge in [-0.05, 0) is 25.1 Å². The molecule has 7 nitrogen and oxygen atoms in total. The summed E-state index contributed by atoms with van der Waals surface area (Å²) in [5.74, 6) is -0.239. The predicted molar refractivity (Wildman–Crippen MR) is 87.7 cm³/mol. The van der Waals surface area contributed by atoms with Crippen molar-refractivity contribution < 1.29 is 13.2 Å². The van der Waals surface area contributed by atoms with Crippen molar-refractivity contribution in [2.24, 2.45) is 0 Å². The molecule has 0 bridgehead atoms. The van der Waals surface area contributed by atoms with E-state index in [0.29, 0.717) is 11.3 Å². The lowest BCUT2D eigenvalue weighted by Gasteiger charge is -2.06. The zero-order chi connectivity index (χ0) is 17.0. The van der Waals surface area contributed by atoms with Crippen LogP contribution in [0.25, 0.3) is 0 Å². The lowest BCUT2D eigenvalue weighted by Crippen LogP contribution is -2.12. The Morgan fingerprint density at radius 3 is 2.83 bits per heavy atom. The van der Waals surface area contributed by atoms with Crippen LogP contribution in [-0.4, -0.2) is 19.3 Å². The quantitative estimate of drug-likeness (QED) is 0.860. The van der Waals surface area contributed by atoms with E-state index in [1.54, 1.807) is 32.0 Å². The van der Waals surface area contributed by atoms with Crippen molar-refractivity contribution >= 4 is 38.1 Å². The first-order valence-electron chi connectivity index (χ1n) is 6.66. The molecule has 0 aliphatic carbocycles. The standard InChI is InChI=1S/C14H14N4O3S2/c1-3-12(19)17-14-16-9(2)13(22-14)23(20,21)18-11-6-4-5-10(7-11)8-15/h4-7,18H,3H2,1-2H3,(H,16,17,19). The average Bonchev–Trinajstić information content (AvgIpc) is 2.88. The third-order valence-corrected chi connectivity index (χ3v) is 5.87. The van der Waals surface area contributed by atoms with Gasteiger partial charge in [-0.1, -0.05) is 24.3 Å². The molecule has 0 aliphatic rings. The number of anilines is 2. The number of carbonyl (C=O) groups excluding carboxylic acids is 1. The zero-order valence-electron chi connectivity index (χ0n) is 12.5. The maximum atomic E-state index is 12.5. The van der Waals surface area contributed by atoms with Crippen molar-refractivity contribution in [2.75, 3.05) is 10.0 Å². The second kappa shape index (κ2) is 6.76. The second-order valence-electron chi connectivity index (χ2n) is 4.59. The molecular formula is C14H14N4O3S2. The van der Waals surface area contributed by atoms with Crippen LogP contribution >= 0.6 is 11.3 Å². The first-order valence-corrected chi connectivity index (χ1v) is 8.96. The number of hydrogen-bond acceptors (Lipinski definition) is 6. The molecule has 0 spiro atoms. The van der Waals surface area contributed by atoms with Gasteiger partial charge >= 0.3 is 0 Å². The molecule has 0 radical (unpaired) electrons. The Kier molecular flexibility index (Phi) is 4.98. The molecule has 23 heavy (non-hydrogen) atoms. The third kappa shape index (κ3) is 4.06. The van der Waals surface area contributed by atoms with E-state index in [2.05, 4.69) is 15.0 Å². The van der Waals surface area contributed by atoms with Crippen LogP contribution in [0.1, 0.15) is 24.6 Å². The van der Waals surface area contributed by atoms with E-state index in [0.717, 1.165) is 11.3 Å². The van der Waals surface area contributed by atoms with E-state index in [-0.39, 0.29) is 27.4 Å². The molecule has 2 N–H and O–H groups in total. The largest absolute Gasteiger partial charge is 0.302 e. The molecule has 0 fully saturated rings. The topological polar surface area (TPSA) is 112 Å². The Morgan fingerprint density at radius 1 is 1.43 bits per heavy atom. The summed E-state index contributed by atoms with van der Waals surface area (Å²) in [5.41, 5.74) is 0.934. The number of thiazole rings is 1. The molecule has 0 saturated heterocycles. The zero-order valence-corrected chi connectivity index (χ0v) is 14.1. The monoisotopic (exact) mass is 350 g/mol. The van der Waals surface area contributed by atoms with Gasteiger partial charge in [-0.15, -0.1) is 0 Å². The van der Waals surface area contributed by atoms with Gasteiger partial charge in [-0.3, -0.25) is 9.52 Å². The number of nitrogens with one attached hydrogen (secondary N) is 2. The van der Waals surface area contributed by atoms with Gasteiger partial charge in [0.25, 0.3) is 10.0 Å². The minimum Gasteiger partial charge on any atom is -0.302 e. The lowest BCUT2D eigenvalue weighted by atomic mass is 10.2. The van der Waals surface area contributed by atoms with Crippen LogP contribution in [-0.2, 0) is 14.8 Å². The number of carbonyl (C=O) groups is 1. The smallest absolute Gasteiger partial charge is 0.273 e. The Balaban J connectivity index is 2.29. The summed E-state index contributed by atoms with van der Waals surface area (Å²) in [6.45, 7) is 3.25. The molecule has 9 heteroatoms. The predicted octanol–water partition coefficient (Wildman–Crippen LogP) is 2.47. The van der Waals surface area contributed by atoms with E-state index >= 15 is 0 Å².